The van der Waals surface area contributed by atoms with Crippen LogP contribution in [0, 0.1) is 0 Å². The minimum atomic E-state index is -0.158. The van der Waals surface area contributed by atoms with E-state index in [1.165, 1.54) is 0 Å². The molecule has 1 N–H and O–H groups in total. The minimum Gasteiger partial charge on any atom is -0.396 e. The zero-order chi connectivity index (χ0) is 7.49. The molecule has 0 radical (unpaired) electrons. The van der Waals surface area contributed by atoms with Crippen LogP contribution in [0.3, 0.4) is 0 Å². The summed E-state index contributed by atoms with van der Waals surface area (Å²) >= 11 is 10.2. The smallest absolute Gasteiger partial charge is 0.0948 e. The summed E-state index contributed by atoms with van der Waals surface area (Å²) < 4.78 is -0.158. The lowest BCUT2D eigenvalue weighted by molar-refractivity contribution is 0.285. The summed E-state index contributed by atoms with van der Waals surface area (Å²) in [5.41, 5.74) is 0. The van der Waals surface area contributed by atoms with E-state index in [2.05, 4.69) is 47.8 Å². The summed E-state index contributed by atoms with van der Waals surface area (Å²) in [7, 11) is 0. The number of halogens is 3. The highest BCUT2D eigenvalue weighted by molar-refractivity contribution is 9.26. The molecule has 0 bridgehead atoms. The van der Waals surface area contributed by atoms with Crippen LogP contribution in [0.15, 0.2) is 0 Å². The lowest BCUT2D eigenvalue weighted by atomic mass is 10.3. The summed E-state index contributed by atoms with van der Waals surface area (Å²) in [6.45, 7) is 2.20. The molecule has 4 heteroatoms. The third kappa shape index (κ3) is 3.96. The third-order valence-electron chi connectivity index (χ3n) is 1.03. The molecule has 0 saturated carbocycles. The molecule has 0 fully saturated rings. The zero-order valence-electron chi connectivity index (χ0n) is 5.07. The number of hydrogen-bond acceptors (Lipinski definition) is 1. The molecule has 0 aromatic rings. The highest BCUT2D eigenvalue weighted by Crippen LogP contribution is 2.37. The molecule has 0 aromatic carbocycles. The van der Waals surface area contributed by atoms with E-state index in [4.69, 9.17) is 5.11 Å². The van der Waals surface area contributed by atoms with E-state index in [0.717, 1.165) is 0 Å². The number of rotatable bonds is 3. The monoisotopic (exact) mass is 322 g/mol. The molecule has 0 saturated heterocycles. The lowest BCUT2D eigenvalue weighted by Crippen LogP contribution is -2.23. The molecule has 0 aliphatic carbocycles. The average Bonchev–Trinajstić information content (AvgIpc) is 1.65. The van der Waals surface area contributed by atoms with Gasteiger partial charge in [0.2, 0.25) is 0 Å². The van der Waals surface area contributed by atoms with Gasteiger partial charge >= 0.3 is 0 Å². The van der Waals surface area contributed by atoms with E-state index in [0.29, 0.717) is 11.2 Å². The number of hydrogen-bond donors (Lipinski definition) is 1. The Balaban J connectivity index is 3.70. The molecule has 0 heterocycles. The van der Waals surface area contributed by atoms with Crippen molar-refractivity contribution in [2.45, 2.75) is 21.4 Å². The van der Waals surface area contributed by atoms with Gasteiger partial charge in [-0.25, -0.2) is 0 Å². The maximum atomic E-state index is 8.57. The summed E-state index contributed by atoms with van der Waals surface area (Å²) in [4.78, 5) is 0.303. The van der Waals surface area contributed by atoms with Crippen LogP contribution in [0.25, 0.3) is 0 Å². The van der Waals surface area contributed by atoms with Crippen molar-refractivity contribution in [2.24, 2.45) is 0 Å². The zero-order valence-corrected chi connectivity index (χ0v) is 9.83. The van der Waals surface area contributed by atoms with Gasteiger partial charge in [0.15, 0.2) is 0 Å². The van der Waals surface area contributed by atoms with E-state index in [9.17, 15) is 0 Å². The van der Waals surface area contributed by atoms with Gasteiger partial charge in [-0.1, -0.05) is 54.7 Å². The Kier molecular flexibility index (Phi) is 4.98. The van der Waals surface area contributed by atoms with Crippen LogP contribution in [0.1, 0.15) is 13.3 Å². The van der Waals surface area contributed by atoms with Gasteiger partial charge in [0.1, 0.15) is 0 Å². The second-order valence-corrected chi connectivity index (χ2v) is 7.12. The second kappa shape index (κ2) is 4.31. The third-order valence-corrected chi connectivity index (χ3v) is 5.20. The Hall–Kier alpha value is 1.40. The largest absolute Gasteiger partial charge is 0.396 e. The first-order valence-electron chi connectivity index (χ1n) is 2.63. The van der Waals surface area contributed by atoms with E-state index < -0.39 is 0 Å². The Morgan fingerprint density at radius 1 is 1.56 bits per heavy atom. The molecule has 0 aliphatic rings. The Labute approximate surface area is 80.6 Å². The molecule has 0 rings (SSSR count). The Morgan fingerprint density at radius 2 is 2.00 bits per heavy atom. The van der Waals surface area contributed by atoms with Crippen molar-refractivity contribution in [1.29, 1.82) is 0 Å². The fraction of sp³-hybridized carbons (Fsp3) is 1.00. The lowest BCUT2D eigenvalue weighted by Gasteiger charge is -2.21. The van der Waals surface area contributed by atoms with Crippen molar-refractivity contribution < 1.29 is 5.11 Å². The van der Waals surface area contributed by atoms with Gasteiger partial charge in [0, 0.05) is 11.4 Å². The maximum absolute atomic E-state index is 8.57. The topological polar surface area (TPSA) is 20.2 Å². The molecule has 0 spiro atoms. The molecule has 1 nitrogen and oxygen atoms in total. The number of aliphatic hydroxyl groups excluding tert-OH is 1. The predicted octanol–water partition coefficient (Wildman–Crippen LogP) is 2.64. The molecular weight excluding hydrogens is 316 g/mol. The van der Waals surface area contributed by atoms with E-state index in [-0.39, 0.29) is 9.84 Å². The molecule has 56 valence electrons. The van der Waals surface area contributed by atoms with E-state index >= 15 is 0 Å². The fourth-order valence-electron chi connectivity index (χ4n) is 0.348. The molecule has 1 unspecified atom stereocenters. The van der Waals surface area contributed by atoms with Crippen molar-refractivity contribution in [3.8, 4) is 0 Å². The van der Waals surface area contributed by atoms with Crippen molar-refractivity contribution in [1.82, 2.24) is 0 Å². The molecule has 1 atom stereocenters. The normalized spacial score (nSPS) is 15.7. The average molecular weight is 325 g/mol. The molecule has 0 aromatic heterocycles. The van der Waals surface area contributed by atoms with Gasteiger partial charge in [-0.05, 0) is 6.42 Å². The summed E-state index contributed by atoms with van der Waals surface area (Å²) in [6.07, 6.45) is 0.694. The van der Waals surface area contributed by atoms with Gasteiger partial charge in [-0.2, -0.15) is 0 Å². The SMILES string of the molecule is CC(Br)C(Br)(Br)CCO. The standard InChI is InChI=1S/C5H9Br3O/c1-4(6)5(7,8)2-3-9/h4,9H,2-3H2,1H3. The first kappa shape index (κ1) is 10.4. The second-order valence-electron chi connectivity index (χ2n) is 1.85. The quantitative estimate of drug-likeness (QED) is 0.791. The van der Waals surface area contributed by atoms with Crippen molar-refractivity contribution in [3.63, 3.8) is 0 Å². The first-order valence-corrected chi connectivity index (χ1v) is 5.13. The van der Waals surface area contributed by atoms with Gasteiger partial charge < -0.3 is 5.11 Å². The van der Waals surface area contributed by atoms with E-state index in [1.54, 1.807) is 0 Å². The maximum Gasteiger partial charge on any atom is 0.0948 e. The van der Waals surface area contributed by atoms with Gasteiger partial charge in [-0.3, -0.25) is 0 Å². The highest BCUT2D eigenvalue weighted by atomic mass is 79.9. The predicted molar refractivity (Wildman–Crippen MR) is 50.7 cm³/mol. The van der Waals surface area contributed by atoms with Gasteiger partial charge in [0.25, 0.3) is 0 Å². The fourth-order valence-corrected chi connectivity index (χ4v) is 0.932. The summed E-state index contributed by atoms with van der Waals surface area (Å²) in [6, 6.07) is 0. The van der Waals surface area contributed by atoms with Crippen LogP contribution in [0.2, 0.25) is 0 Å². The van der Waals surface area contributed by atoms with Gasteiger partial charge in [-0.15, -0.1) is 0 Å². The summed E-state index contributed by atoms with van der Waals surface area (Å²) in [5, 5.41) is 8.57. The van der Waals surface area contributed by atoms with Gasteiger partial charge in [0.05, 0.1) is 3.23 Å². The van der Waals surface area contributed by atoms with Crippen LogP contribution in [0.4, 0.5) is 0 Å². The molecule has 0 amide bonds. The van der Waals surface area contributed by atoms with Crippen LogP contribution in [-0.4, -0.2) is 19.8 Å². The first-order chi connectivity index (χ1) is 4.00. The summed E-state index contributed by atoms with van der Waals surface area (Å²) in [5.74, 6) is 0. The van der Waals surface area contributed by atoms with Crippen LogP contribution in [0.5, 0.6) is 0 Å². The molecule has 0 aliphatic heterocycles. The number of alkyl halides is 3. The minimum absolute atomic E-state index is 0.158. The van der Waals surface area contributed by atoms with Crippen LogP contribution >= 0.6 is 47.8 Å². The Morgan fingerprint density at radius 3 is 2.11 bits per heavy atom. The highest BCUT2D eigenvalue weighted by Gasteiger charge is 2.27. The van der Waals surface area contributed by atoms with Crippen molar-refractivity contribution >= 4 is 47.8 Å². The van der Waals surface area contributed by atoms with Crippen molar-refractivity contribution in [2.75, 3.05) is 6.61 Å². The van der Waals surface area contributed by atoms with Crippen LogP contribution in [-0.2, 0) is 0 Å². The Bertz CT molecular complexity index is 82.3. The van der Waals surface area contributed by atoms with Crippen molar-refractivity contribution in [3.05, 3.63) is 0 Å². The van der Waals surface area contributed by atoms with Crippen LogP contribution < -0.4 is 0 Å². The molecular formula is C5H9Br3O. The molecule has 9 heavy (non-hydrogen) atoms. The number of aliphatic hydroxyl groups is 1. The van der Waals surface area contributed by atoms with E-state index in [1.807, 2.05) is 6.92 Å².